The molecule has 234 valence electrons. The Labute approximate surface area is 330 Å². The van der Waals surface area contributed by atoms with Gasteiger partial charge in [0.2, 0.25) is 0 Å². The lowest BCUT2D eigenvalue weighted by Crippen LogP contribution is -2.66. The summed E-state index contributed by atoms with van der Waals surface area (Å²) in [6.07, 6.45) is 0. The van der Waals surface area contributed by atoms with Gasteiger partial charge in [0.25, 0.3) is 0 Å². The summed E-state index contributed by atoms with van der Waals surface area (Å²) in [7, 11) is 0. The molecule has 0 heterocycles. The van der Waals surface area contributed by atoms with E-state index in [1.807, 2.05) is 0 Å². The topological polar surface area (TPSA) is 0 Å². The van der Waals surface area contributed by atoms with E-state index in [1.165, 1.54) is 0 Å². The van der Waals surface area contributed by atoms with E-state index in [-0.39, 0.29) is 47.2 Å². The van der Waals surface area contributed by atoms with Crippen molar-refractivity contribution in [2.24, 2.45) is 17.8 Å². The fourth-order valence-corrected chi connectivity index (χ4v) is 22.4. The zero-order chi connectivity index (χ0) is 30.2. The Morgan fingerprint density at radius 3 is 0.718 bits per heavy atom. The molecule has 0 bridgehead atoms. The number of rotatable bonds is 18. The van der Waals surface area contributed by atoms with Crippen LogP contribution in [0.4, 0.5) is 0 Å². The van der Waals surface area contributed by atoms with Gasteiger partial charge in [-0.3, -0.25) is 0 Å². The van der Waals surface area contributed by atoms with Gasteiger partial charge in [-0.15, -0.1) is 70.6 Å². The van der Waals surface area contributed by atoms with Gasteiger partial charge < -0.3 is 0 Å². The summed E-state index contributed by atoms with van der Waals surface area (Å²) in [6.45, 7) is 6.69. The largest absolute Gasteiger partial charge is 0.175 e. The van der Waals surface area contributed by atoms with Crippen molar-refractivity contribution in [1.82, 2.24) is 0 Å². The van der Waals surface area contributed by atoms with Crippen molar-refractivity contribution in [1.29, 1.82) is 0 Å². The third-order valence-corrected chi connectivity index (χ3v) is 22.4. The van der Waals surface area contributed by atoms with Crippen molar-refractivity contribution in [3.8, 4) is 0 Å². The average molecular weight is 872 g/mol. The third kappa shape index (κ3) is 11.2. The van der Waals surface area contributed by atoms with Crippen LogP contribution >= 0.6 is 222 Å². The molecule has 3 unspecified atom stereocenters. The highest BCUT2D eigenvalue weighted by atomic mass is 32.2. The van der Waals surface area contributed by atoms with Crippen molar-refractivity contribution >= 4 is 222 Å². The van der Waals surface area contributed by atoms with Crippen LogP contribution in [-0.4, -0.2) is 74.2 Å². The first kappa shape index (κ1) is 43.3. The Kier molecular flexibility index (Phi) is 23.0. The quantitative estimate of drug-likeness (QED) is 0.0487. The summed E-state index contributed by atoms with van der Waals surface area (Å²) in [5, 5.41) is 3.95. The lowest BCUT2D eigenvalue weighted by molar-refractivity contribution is 0.159. The predicted octanol–water partition coefficient (Wildman–Crippen LogP) is 9.51. The molecule has 0 amide bonds. The summed E-state index contributed by atoms with van der Waals surface area (Å²) in [5.74, 6) is 0.0387. The molecule has 3 atom stereocenters. The molecular weight excluding hydrogens is 829 g/mol. The van der Waals surface area contributed by atoms with Gasteiger partial charge in [0.05, 0.1) is 13.7 Å². The molecule has 1 fully saturated rings. The van der Waals surface area contributed by atoms with Crippen LogP contribution in [0.25, 0.3) is 0 Å². The normalized spacial score (nSPS) is 30.9. The highest BCUT2D eigenvalue weighted by molar-refractivity contribution is 8.25. The van der Waals surface area contributed by atoms with E-state index in [1.54, 1.807) is 70.6 Å². The molecule has 0 aromatic rings. The zero-order valence-corrected chi connectivity index (χ0v) is 37.4. The molecule has 0 N–H and O–H groups in total. The summed E-state index contributed by atoms with van der Waals surface area (Å²) in [6, 6.07) is 0. The lowest BCUT2D eigenvalue weighted by atomic mass is 9.63. The highest BCUT2D eigenvalue weighted by Gasteiger charge is 2.62. The fraction of sp³-hybridized carbons (Fsp3) is 1.00. The van der Waals surface area contributed by atoms with Gasteiger partial charge in [-0.2, -0.15) is 152 Å². The Morgan fingerprint density at radius 2 is 0.590 bits per heavy atom. The van der Waals surface area contributed by atoms with Crippen molar-refractivity contribution < 1.29 is 0 Å². The Morgan fingerprint density at radius 1 is 0.436 bits per heavy atom. The second-order valence-corrected chi connectivity index (χ2v) is 26.1. The van der Waals surface area contributed by atoms with E-state index < -0.39 is 14.2 Å². The van der Waals surface area contributed by atoms with Gasteiger partial charge in [0.15, 0.2) is 0 Å². The molecule has 1 rings (SSSR count). The molecule has 0 aliphatic heterocycles. The summed E-state index contributed by atoms with van der Waals surface area (Å²) >= 11 is 70.6. The standard InChI is InChI=1S/C21H42S18/c1-19(31,16(34-4-22)35-5-23)10-13(28)11(20(2,32)17(36-6-24)37-7-25)15(30)12(14(10)29)21(3,33)18(38-8-26)39-9-27/h10-18,22-33H,4-9H2,1-3H3. The van der Waals surface area contributed by atoms with Crippen LogP contribution in [0.1, 0.15) is 20.8 Å². The molecular formula is C21H42S18. The maximum absolute atomic E-state index is 5.43. The molecule has 18 heteroatoms. The van der Waals surface area contributed by atoms with E-state index in [4.69, 9.17) is 75.8 Å². The van der Waals surface area contributed by atoms with Crippen LogP contribution < -0.4 is 0 Å². The first-order chi connectivity index (χ1) is 18.2. The molecule has 0 nitrogen and oxygen atoms in total. The Balaban J connectivity index is 3.86. The van der Waals surface area contributed by atoms with E-state index >= 15 is 0 Å². The van der Waals surface area contributed by atoms with Crippen LogP contribution in [0, 0.1) is 17.8 Å². The minimum absolute atomic E-state index is 0.0129. The molecule has 0 saturated heterocycles. The molecule has 0 aromatic carbocycles. The van der Waals surface area contributed by atoms with Gasteiger partial charge >= 0.3 is 0 Å². The Hall–Kier alpha value is 6.30. The highest BCUT2D eigenvalue weighted by Crippen LogP contribution is 2.62. The number of thioether (sulfide) groups is 6. The summed E-state index contributed by atoms with van der Waals surface area (Å²) in [4.78, 5) is 0. The van der Waals surface area contributed by atoms with E-state index in [0.29, 0.717) is 30.5 Å². The van der Waals surface area contributed by atoms with Crippen LogP contribution in [0.2, 0.25) is 0 Å². The zero-order valence-electron chi connectivity index (χ0n) is 21.8. The molecule has 0 radical (unpaired) electrons. The first-order valence-corrected chi connectivity index (χ1v) is 24.7. The van der Waals surface area contributed by atoms with Gasteiger partial charge in [0, 0.05) is 60.5 Å². The first-order valence-electron chi connectivity index (χ1n) is 11.7. The molecule has 1 saturated carbocycles. The summed E-state index contributed by atoms with van der Waals surface area (Å²) in [5.41, 5.74) is 0. The number of thiol groups is 12. The molecule has 39 heavy (non-hydrogen) atoms. The smallest absolute Gasteiger partial charge is 0.0663 e. The van der Waals surface area contributed by atoms with Crippen LogP contribution in [0.3, 0.4) is 0 Å². The second-order valence-electron chi connectivity index (χ2n) is 9.50. The SMILES string of the molecule is CC(S)(C(SCS)SCS)C1C(S)C(C(C)(S)C(SCS)SCS)C(S)C(C(C)(S)C(SCS)SCS)C1S. The van der Waals surface area contributed by atoms with Gasteiger partial charge in [-0.25, -0.2) is 0 Å². The van der Waals surface area contributed by atoms with Crippen LogP contribution in [0.15, 0.2) is 0 Å². The maximum atomic E-state index is 5.43. The lowest BCUT2D eigenvalue weighted by Gasteiger charge is -2.61. The van der Waals surface area contributed by atoms with Crippen molar-refractivity contribution in [2.75, 3.05) is 30.5 Å². The predicted molar refractivity (Wildman–Crippen MR) is 241 cm³/mol. The minimum Gasteiger partial charge on any atom is -0.175 e. The van der Waals surface area contributed by atoms with Crippen LogP contribution in [0.5, 0.6) is 0 Å². The number of hydrogen-bond donors (Lipinski definition) is 12. The van der Waals surface area contributed by atoms with Gasteiger partial charge in [-0.05, 0) is 38.5 Å². The molecule has 1 aliphatic carbocycles. The minimum atomic E-state index is -0.441. The maximum Gasteiger partial charge on any atom is 0.0663 e. The van der Waals surface area contributed by atoms with Crippen molar-refractivity contribution in [2.45, 2.75) is 64.5 Å². The molecule has 0 spiro atoms. The monoisotopic (exact) mass is 870 g/mol. The molecule has 0 aromatic heterocycles. The van der Waals surface area contributed by atoms with Gasteiger partial charge in [-0.1, -0.05) is 0 Å². The van der Waals surface area contributed by atoms with Gasteiger partial charge in [0.1, 0.15) is 0 Å². The Bertz CT molecular complexity index is 571. The van der Waals surface area contributed by atoms with E-state index in [9.17, 15) is 0 Å². The van der Waals surface area contributed by atoms with E-state index in [0.717, 1.165) is 0 Å². The van der Waals surface area contributed by atoms with E-state index in [2.05, 4.69) is 96.5 Å². The summed E-state index contributed by atoms with van der Waals surface area (Å²) < 4.78 is -0.895. The molecule has 1 aliphatic rings. The van der Waals surface area contributed by atoms with Crippen LogP contribution in [-0.2, 0) is 0 Å². The van der Waals surface area contributed by atoms with Crippen molar-refractivity contribution in [3.63, 3.8) is 0 Å². The third-order valence-electron chi connectivity index (χ3n) is 7.02. The number of hydrogen-bond acceptors (Lipinski definition) is 18. The average Bonchev–Trinajstić information content (AvgIpc) is 2.82. The van der Waals surface area contributed by atoms with Crippen molar-refractivity contribution in [3.05, 3.63) is 0 Å². The fourth-order valence-electron chi connectivity index (χ4n) is 5.38. The second kappa shape index (κ2) is 20.7.